The summed E-state index contributed by atoms with van der Waals surface area (Å²) in [5.41, 5.74) is 8.69. The molecular formula is C16H20BrN3. The molecule has 0 amide bonds. The first-order valence-electron chi connectivity index (χ1n) is 7.62. The van der Waals surface area contributed by atoms with Gasteiger partial charge in [0.1, 0.15) is 5.82 Å². The van der Waals surface area contributed by atoms with Crippen LogP contribution in [0.15, 0.2) is 22.7 Å². The molecule has 0 saturated heterocycles. The number of nitrogens with zero attached hydrogens (tertiary/aromatic N) is 2. The molecule has 106 valence electrons. The fourth-order valence-electron chi connectivity index (χ4n) is 3.72. The molecule has 1 aromatic carbocycles. The van der Waals surface area contributed by atoms with E-state index in [0.29, 0.717) is 6.04 Å². The average Bonchev–Trinajstić information content (AvgIpc) is 3.04. The third-order valence-electron chi connectivity index (χ3n) is 4.99. The lowest BCUT2D eigenvalue weighted by Gasteiger charge is -2.27. The summed E-state index contributed by atoms with van der Waals surface area (Å²) in [7, 11) is 0. The molecule has 0 atom stereocenters. The Morgan fingerprint density at radius 2 is 2.05 bits per heavy atom. The first-order chi connectivity index (χ1) is 9.73. The van der Waals surface area contributed by atoms with Crippen molar-refractivity contribution in [1.29, 1.82) is 0 Å². The molecule has 2 aromatic rings. The Bertz CT molecular complexity index is 651. The van der Waals surface area contributed by atoms with E-state index in [4.69, 9.17) is 10.7 Å². The maximum absolute atomic E-state index is 6.18. The fraction of sp³-hybridized carbons (Fsp3) is 0.562. The Morgan fingerprint density at radius 1 is 1.30 bits per heavy atom. The van der Waals surface area contributed by atoms with Crippen LogP contribution in [0.1, 0.15) is 50.4 Å². The highest BCUT2D eigenvalue weighted by Gasteiger charge is 2.41. The van der Waals surface area contributed by atoms with E-state index in [1.807, 2.05) is 0 Å². The number of rotatable bonds is 3. The molecule has 2 N–H and O–H groups in total. The smallest absolute Gasteiger partial charge is 0.117 e. The van der Waals surface area contributed by atoms with E-state index in [1.54, 1.807) is 0 Å². The Labute approximate surface area is 127 Å². The van der Waals surface area contributed by atoms with Crippen LogP contribution >= 0.6 is 15.9 Å². The normalized spacial score (nSPS) is 21.7. The molecule has 2 aliphatic carbocycles. The molecule has 1 aromatic heterocycles. The van der Waals surface area contributed by atoms with Gasteiger partial charge in [0, 0.05) is 22.5 Å². The number of imidazole rings is 1. The lowest BCUT2D eigenvalue weighted by molar-refractivity contribution is 0.406. The van der Waals surface area contributed by atoms with E-state index in [0.717, 1.165) is 16.5 Å². The number of hydrogen-bond donors (Lipinski definition) is 1. The van der Waals surface area contributed by atoms with Gasteiger partial charge in [-0.1, -0.05) is 28.8 Å². The van der Waals surface area contributed by atoms with Crippen LogP contribution < -0.4 is 5.73 Å². The standard InChI is InChI=1S/C16H20BrN3/c17-11-3-6-14-13(9-11)19-15(20(14)12-4-5-12)16(10-18)7-1-2-8-16/h3,6,9,12H,1-2,4-5,7-8,10,18H2. The zero-order chi connectivity index (χ0) is 13.7. The third-order valence-corrected chi connectivity index (χ3v) is 5.48. The van der Waals surface area contributed by atoms with Crippen LogP contribution in [0.25, 0.3) is 11.0 Å². The zero-order valence-electron chi connectivity index (χ0n) is 11.6. The monoisotopic (exact) mass is 333 g/mol. The van der Waals surface area contributed by atoms with Gasteiger partial charge in [0.05, 0.1) is 11.0 Å². The molecule has 1 heterocycles. The molecule has 4 rings (SSSR count). The van der Waals surface area contributed by atoms with E-state index in [1.165, 1.54) is 49.9 Å². The summed E-state index contributed by atoms with van der Waals surface area (Å²) in [4.78, 5) is 5.01. The van der Waals surface area contributed by atoms with Gasteiger partial charge in [0.15, 0.2) is 0 Å². The number of halogens is 1. The summed E-state index contributed by atoms with van der Waals surface area (Å²) < 4.78 is 3.60. The lowest BCUT2D eigenvalue weighted by atomic mass is 9.85. The molecule has 0 spiro atoms. The summed E-state index contributed by atoms with van der Waals surface area (Å²) in [5.74, 6) is 1.26. The van der Waals surface area contributed by atoms with E-state index in [-0.39, 0.29) is 5.41 Å². The minimum Gasteiger partial charge on any atom is -0.329 e. The average molecular weight is 334 g/mol. The van der Waals surface area contributed by atoms with Gasteiger partial charge in [-0.15, -0.1) is 0 Å². The second-order valence-electron chi connectivity index (χ2n) is 6.36. The third kappa shape index (κ3) is 1.85. The first-order valence-corrected chi connectivity index (χ1v) is 8.41. The van der Waals surface area contributed by atoms with Crippen molar-refractivity contribution in [1.82, 2.24) is 9.55 Å². The van der Waals surface area contributed by atoms with Crippen LogP contribution in [0.4, 0.5) is 0 Å². The minimum absolute atomic E-state index is 0.119. The van der Waals surface area contributed by atoms with E-state index >= 15 is 0 Å². The van der Waals surface area contributed by atoms with Crippen LogP contribution in [-0.2, 0) is 5.41 Å². The second-order valence-corrected chi connectivity index (χ2v) is 7.28. The molecule has 20 heavy (non-hydrogen) atoms. The van der Waals surface area contributed by atoms with E-state index in [9.17, 15) is 0 Å². The first kappa shape index (κ1) is 12.8. The molecule has 2 saturated carbocycles. The second kappa shape index (κ2) is 4.57. The predicted molar refractivity (Wildman–Crippen MR) is 84.9 cm³/mol. The number of nitrogens with two attached hydrogens (primary N) is 1. The highest BCUT2D eigenvalue weighted by molar-refractivity contribution is 9.10. The molecule has 0 bridgehead atoms. The van der Waals surface area contributed by atoms with Crippen molar-refractivity contribution in [2.45, 2.75) is 50.0 Å². The van der Waals surface area contributed by atoms with Crippen molar-refractivity contribution >= 4 is 27.0 Å². The van der Waals surface area contributed by atoms with Gasteiger partial charge in [-0.05, 0) is 43.9 Å². The summed E-state index contributed by atoms with van der Waals surface area (Å²) in [5, 5.41) is 0. The van der Waals surface area contributed by atoms with Crippen molar-refractivity contribution < 1.29 is 0 Å². The van der Waals surface area contributed by atoms with Crippen LogP contribution in [0, 0.1) is 0 Å². The maximum atomic E-state index is 6.18. The van der Waals surface area contributed by atoms with Crippen molar-refractivity contribution in [2.75, 3.05) is 6.54 Å². The molecular weight excluding hydrogens is 314 g/mol. The topological polar surface area (TPSA) is 43.8 Å². The molecule has 0 aliphatic heterocycles. The minimum atomic E-state index is 0.119. The number of fused-ring (bicyclic) bond motifs is 1. The fourth-order valence-corrected chi connectivity index (χ4v) is 4.07. The van der Waals surface area contributed by atoms with Crippen LogP contribution in [-0.4, -0.2) is 16.1 Å². The van der Waals surface area contributed by atoms with Gasteiger partial charge in [0.25, 0.3) is 0 Å². The summed E-state index contributed by atoms with van der Waals surface area (Å²) in [6, 6.07) is 7.11. The summed E-state index contributed by atoms with van der Waals surface area (Å²) in [6.45, 7) is 0.726. The van der Waals surface area contributed by atoms with Gasteiger partial charge < -0.3 is 10.3 Å². The van der Waals surface area contributed by atoms with Crippen molar-refractivity contribution in [3.63, 3.8) is 0 Å². The molecule has 0 unspecified atom stereocenters. The van der Waals surface area contributed by atoms with E-state index in [2.05, 4.69) is 38.7 Å². The molecule has 2 aliphatic rings. The Balaban J connectivity index is 1.95. The number of benzene rings is 1. The van der Waals surface area contributed by atoms with Crippen molar-refractivity contribution in [3.05, 3.63) is 28.5 Å². The number of aromatic nitrogens is 2. The van der Waals surface area contributed by atoms with Gasteiger partial charge in [-0.2, -0.15) is 0 Å². The highest BCUT2D eigenvalue weighted by Crippen LogP contribution is 2.46. The van der Waals surface area contributed by atoms with Gasteiger partial charge in [0.2, 0.25) is 0 Å². The van der Waals surface area contributed by atoms with Gasteiger partial charge in [-0.3, -0.25) is 0 Å². The highest BCUT2D eigenvalue weighted by atomic mass is 79.9. The van der Waals surface area contributed by atoms with Gasteiger partial charge >= 0.3 is 0 Å². The number of hydrogen-bond acceptors (Lipinski definition) is 2. The lowest BCUT2D eigenvalue weighted by Crippen LogP contribution is -2.35. The van der Waals surface area contributed by atoms with Crippen LogP contribution in [0.3, 0.4) is 0 Å². The van der Waals surface area contributed by atoms with Gasteiger partial charge in [-0.25, -0.2) is 4.98 Å². The Morgan fingerprint density at radius 3 is 2.70 bits per heavy atom. The molecule has 3 nitrogen and oxygen atoms in total. The molecule has 0 radical (unpaired) electrons. The largest absolute Gasteiger partial charge is 0.329 e. The molecule has 4 heteroatoms. The predicted octanol–water partition coefficient (Wildman–Crippen LogP) is 3.90. The zero-order valence-corrected chi connectivity index (χ0v) is 13.2. The Hall–Kier alpha value is -0.870. The quantitative estimate of drug-likeness (QED) is 0.925. The summed E-state index contributed by atoms with van der Waals surface area (Å²) in [6.07, 6.45) is 7.54. The molecule has 2 fully saturated rings. The SMILES string of the molecule is NCC1(c2nc3cc(Br)ccc3n2C2CC2)CCCC1. The van der Waals surface area contributed by atoms with Crippen molar-refractivity contribution in [2.24, 2.45) is 5.73 Å². The van der Waals surface area contributed by atoms with E-state index < -0.39 is 0 Å². The maximum Gasteiger partial charge on any atom is 0.117 e. The Kier molecular flexibility index (Phi) is 2.93. The van der Waals surface area contributed by atoms with Crippen molar-refractivity contribution in [3.8, 4) is 0 Å². The van der Waals surface area contributed by atoms with Crippen LogP contribution in [0.5, 0.6) is 0 Å². The summed E-state index contributed by atoms with van der Waals surface area (Å²) >= 11 is 3.56. The van der Waals surface area contributed by atoms with Crippen LogP contribution in [0.2, 0.25) is 0 Å².